The Morgan fingerprint density at radius 2 is 2.00 bits per heavy atom. The minimum Gasteiger partial charge on any atom is -0.396 e. The number of carbonyl (C=O) groups excluding carboxylic acids is 1. The van der Waals surface area contributed by atoms with Crippen LogP contribution in [0.25, 0.3) is 0 Å². The third kappa shape index (κ3) is 4.06. The largest absolute Gasteiger partial charge is 0.396 e. The Kier molecular flexibility index (Phi) is 6.40. The molecular weight excluding hydrogens is 266 g/mol. The molecule has 0 aliphatic carbocycles. The summed E-state index contributed by atoms with van der Waals surface area (Å²) in [6.07, 6.45) is 1.68. The Morgan fingerprint density at radius 3 is 2.43 bits per heavy atom. The molecule has 21 heavy (non-hydrogen) atoms. The van der Waals surface area contributed by atoms with Gasteiger partial charge in [-0.25, -0.2) is 0 Å². The number of carbonyl (C=O) groups is 1. The lowest BCUT2D eigenvalue weighted by molar-refractivity contribution is 0.0842. The summed E-state index contributed by atoms with van der Waals surface area (Å²) in [5.41, 5.74) is 1.30. The fourth-order valence-electron chi connectivity index (χ4n) is 2.28. The molecule has 120 valence electrons. The van der Waals surface area contributed by atoms with Crippen LogP contribution in [0.3, 0.4) is 0 Å². The summed E-state index contributed by atoms with van der Waals surface area (Å²) in [6, 6.07) is 1.86. The standard InChI is InChI=1S/C16H29N3O2/c1-6-16(7-2,11-20)10-17-15(21)14-9-13(12(4)5)18-19(14)8-3/h9,12,20H,6-8,10-11H2,1-5H3,(H,17,21). The van der Waals surface area contributed by atoms with Crippen LogP contribution in [-0.4, -0.2) is 33.9 Å². The van der Waals surface area contributed by atoms with E-state index < -0.39 is 0 Å². The number of aliphatic hydroxyl groups excluding tert-OH is 1. The molecule has 0 unspecified atom stereocenters. The van der Waals surface area contributed by atoms with Crippen LogP contribution in [0.15, 0.2) is 6.07 Å². The number of nitrogens with zero attached hydrogens (tertiary/aromatic N) is 2. The molecule has 1 heterocycles. The third-order valence-corrected chi connectivity index (χ3v) is 4.38. The summed E-state index contributed by atoms with van der Waals surface area (Å²) in [5.74, 6) is 0.183. The number of aliphatic hydroxyl groups is 1. The molecule has 0 saturated heterocycles. The highest BCUT2D eigenvalue weighted by atomic mass is 16.3. The lowest BCUT2D eigenvalue weighted by Crippen LogP contribution is -2.40. The van der Waals surface area contributed by atoms with Crippen molar-refractivity contribution in [2.75, 3.05) is 13.2 Å². The topological polar surface area (TPSA) is 67.2 Å². The van der Waals surface area contributed by atoms with Crippen molar-refractivity contribution in [3.8, 4) is 0 Å². The van der Waals surface area contributed by atoms with Crippen molar-refractivity contribution in [2.45, 2.75) is 59.9 Å². The summed E-state index contributed by atoms with van der Waals surface area (Å²) in [6.45, 7) is 11.4. The molecule has 0 saturated carbocycles. The first kappa shape index (κ1) is 17.7. The molecule has 0 spiro atoms. The van der Waals surface area contributed by atoms with Crippen molar-refractivity contribution >= 4 is 5.91 Å². The van der Waals surface area contributed by atoms with Gasteiger partial charge in [0.1, 0.15) is 5.69 Å². The van der Waals surface area contributed by atoms with Gasteiger partial charge in [0.15, 0.2) is 0 Å². The fourth-order valence-corrected chi connectivity index (χ4v) is 2.28. The molecule has 1 aromatic rings. The van der Waals surface area contributed by atoms with E-state index in [1.165, 1.54) is 0 Å². The first-order chi connectivity index (χ1) is 9.92. The molecule has 5 nitrogen and oxygen atoms in total. The molecule has 0 aromatic carbocycles. The molecule has 1 aromatic heterocycles. The van der Waals surface area contributed by atoms with Crippen molar-refractivity contribution in [3.05, 3.63) is 17.5 Å². The molecule has 0 fully saturated rings. The normalized spacial score (nSPS) is 12.0. The zero-order valence-corrected chi connectivity index (χ0v) is 13.9. The molecule has 0 radical (unpaired) electrons. The zero-order valence-electron chi connectivity index (χ0n) is 13.9. The molecule has 2 N–H and O–H groups in total. The summed E-state index contributed by atoms with van der Waals surface area (Å²) >= 11 is 0. The number of nitrogens with one attached hydrogen (secondary N) is 1. The van der Waals surface area contributed by atoms with Crippen LogP contribution in [-0.2, 0) is 6.54 Å². The van der Waals surface area contributed by atoms with E-state index in [1.807, 2.05) is 26.8 Å². The van der Waals surface area contributed by atoms with Gasteiger partial charge in [-0.05, 0) is 31.7 Å². The minimum absolute atomic E-state index is 0.0879. The summed E-state index contributed by atoms with van der Waals surface area (Å²) in [5, 5.41) is 17.0. The van der Waals surface area contributed by atoms with Gasteiger partial charge in [0, 0.05) is 18.5 Å². The number of rotatable bonds is 8. The van der Waals surface area contributed by atoms with Crippen LogP contribution in [0.4, 0.5) is 0 Å². The fraction of sp³-hybridized carbons (Fsp3) is 0.750. The molecule has 1 amide bonds. The summed E-state index contributed by atoms with van der Waals surface area (Å²) < 4.78 is 1.74. The molecule has 5 heteroatoms. The molecular formula is C16H29N3O2. The smallest absolute Gasteiger partial charge is 0.269 e. The lowest BCUT2D eigenvalue weighted by atomic mass is 9.83. The quantitative estimate of drug-likeness (QED) is 0.774. The number of aromatic nitrogens is 2. The first-order valence-electron chi connectivity index (χ1n) is 7.89. The van der Waals surface area contributed by atoms with Gasteiger partial charge in [0.05, 0.1) is 12.3 Å². The van der Waals surface area contributed by atoms with Crippen molar-refractivity contribution in [3.63, 3.8) is 0 Å². The van der Waals surface area contributed by atoms with Crippen molar-refractivity contribution in [1.29, 1.82) is 0 Å². The van der Waals surface area contributed by atoms with Crippen molar-refractivity contribution in [2.24, 2.45) is 5.41 Å². The Morgan fingerprint density at radius 1 is 1.38 bits per heavy atom. The molecule has 1 rings (SSSR count). The van der Waals surface area contributed by atoms with Gasteiger partial charge in [-0.3, -0.25) is 9.48 Å². The SMILES string of the molecule is CCn1nc(C(C)C)cc1C(=O)NCC(CC)(CC)CO. The molecule has 0 atom stereocenters. The average molecular weight is 295 g/mol. The van der Waals surface area contributed by atoms with Crippen molar-refractivity contribution < 1.29 is 9.90 Å². The Balaban J connectivity index is 2.84. The number of aryl methyl sites for hydroxylation is 1. The van der Waals surface area contributed by atoms with Crippen LogP contribution >= 0.6 is 0 Å². The second-order valence-electron chi connectivity index (χ2n) is 5.97. The van der Waals surface area contributed by atoms with Gasteiger partial charge >= 0.3 is 0 Å². The first-order valence-corrected chi connectivity index (χ1v) is 7.89. The monoisotopic (exact) mass is 295 g/mol. The summed E-state index contributed by atoms with van der Waals surface area (Å²) in [7, 11) is 0. The second-order valence-corrected chi connectivity index (χ2v) is 5.97. The van der Waals surface area contributed by atoms with E-state index in [0.717, 1.165) is 18.5 Å². The maximum atomic E-state index is 12.4. The second kappa shape index (κ2) is 7.59. The van der Waals surface area contributed by atoms with E-state index in [0.29, 0.717) is 24.7 Å². The zero-order chi connectivity index (χ0) is 16.0. The molecule has 0 aliphatic heterocycles. The van der Waals surface area contributed by atoms with Crippen LogP contribution in [0.5, 0.6) is 0 Å². The molecule has 0 aliphatic rings. The number of hydrogen-bond donors (Lipinski definition) is 2. The predicted molar refractivity (Wildman–Crippen MR) is 84.4 cm³/mol. The number of hydrogen-bond acceptors (Lipinski definition) is 3. The predicted octanol–water partition coefficient (Wildman–Crippen LogP) is 2.55. The highest BCUT2D eigenvalue weighted by Gasteiger charge is 2.26. The van der Waals surface area contributed by atoms with Crippen LogP contribution in [0, 0.1) is 5.41 Å². The average Bonchev–Trinajstić information content (AvgIpc) is 2.93. The Hall–Kier alpha value is -1.36. The van der Waals surface area contributed by atoms with E-state index >= 15 is 0 Å². The van der Waals surface area contributed by atoms with Crippen molar-refractivity contribution in [1.82, 2.24) is 15.1 Å². The maximum absolute atomic E-state index is 12.4. The summed E-state index contributed by atoms with van der Waals surface area (Å²) in [4.78, 5) is 12.4. The minimum atomic E-state index is -0.229. The van der Waals surface area contributed by atoms with E-state index in [-0.39, 0.29) is 17.9 Å². The van der Waals surface area contributed by atoms with Gasteiger partial charge in [0.25, 0.3) is 5.91 Å². The van der Waals surface area contributed by atoms with Gasteiger partial charge in [-0.15, -0.1) is 0 Å². The van der Waals surface area contributed by atoms with E-state index in [4.69, 9.17) is 0 Å². The lowest BCUT2D eigenvalue weighted by Gasteiger charge is -2.29. The van der Waals surface area contributed by atoms with Gasteiger partial charge in [-0.1, -0.05) is 27.7 Å². The van der Waals surface area contributed by atoms with Gasteiger partial charge < -0.3 is 10.4 Å². The highest BCUT2D eigenvalue weighted by molar-refractivity contribution is 5.92. The Bertz CT molecular complexity index is 454. The van der Waals surface area contributed by atoms with Crippen LogP contribution in [0.1, 0.15) is 69.6 Å². The van der Waals surface area contributed by atoms with Crippen LogP contribution in [0.2, 0.25) is 0 Å². The Labute approximate surface area is 127 Å². The maximum Gasteiger partial charge on any atom is 0.269 e. The van der Waals surface area contributed by atoms with Gasteiger partial charge in [-0.2, -0.15) is 5.10 Å². The van der Waals surface area contributed by atoms with Gasteiger partial charge in [0.2, 0.25) is 0 Å². The number of amides is 1. The van der Waals surface area contributed by atoms with E-state index in [2.05, 4.69) is 24.3 Å². The third-order valence-electron chi connectivity index (χ3n) is 4.38. The highest BCUT2D eigenvalue weighted by Crippen LogP contribution is 2.24. The van der Waals surface area contributed by atoms with E-state index in [1.54, 1.807) is 4.68 Å². The van der Waals surface area contributed by atoms with E-state index in [9.17, 15) is 9.90 Å². The molecule has 0 bridgehead atoms. The van der Waals surface area contributed by atoms with Crippen LogP contribution < -0.4 is 5.32 Å².